The van der Waals surface area contributed by atoms with Gasteiger partial charge in [0.05, 0.1) is 25.2 Å². The first kappa shape index (κ1) is 21.9. The van der Waals surface area contributed by atoms with E-state index in [0.29, 0.717) is 5.69 Å². The molecule has 0 spiro atoms. The summed E-state index contributed by atoms with van der Waals surface area (Å²) in [4.78, 5) is 40.7. The van der Waals surface area contributed by atoms with E-state index in [1.807, 2.05) is 30.3 Å². The van der Waals surface area contributed by atoms with Crippen LogP contribution in [0.5, 0.6) is 0 Å². The van der Waals surface area contributed by atoms with E-state index in [0.717, 1.165) is 5.56 Å². The highest BCUT2D eigenvalue weighted by Crippen LogP contribution is 2.25. The fourth-order valence-corrected chi connectivity index (χ4v) is 3.33. The number of carbonyl (C=O) groups excluding carboxylic acids is 3. The molecule has 2 heterocycles. The molecule has 4 rings (SSSR count). The molecular weight excluding hydrogens is 431 g/mol. The largest absolute Gasteiger partial charge is 0.442 e. The SMILES string of the molecule is CC(=O)NC[C@H]1CN(c2ccc(-n3cnc(NC(=O)Cc4ccccc4)n3)c(F)c2)C(=O)O1. The van der Waals surface area contributed by atoms with Crippen LogP contribution in [0.15, 0.2) is 54.9 Å². The number of benzene rings is 2. The second-order valence-corrected chi connectivity index (χ2v) is 7.41. The zero-order valence-corrected chi connectivity index (χ0v) is 17.7. The Morgan fingerprint density at radius 3 is 2.73 bits per heavy atom. The fourth-order valence-electron chi connectivity index (χ4n) is 3.33. The number of rotatable bonds is 7. The maximum Gasteiger partial charge on any atom is 0.414 e. The van der Waals surface area contributed by atoms with E-state index in [9.17, 15) is 18.8 Å². The van der Waals surface area contributed by atoms with Crippen molar-refractivity contribution in [3.05, 3.63) is 66.2 Å². The van der Waals surface area contributed by atoms with E-state index in [-0.39, 0.29) is 43.0 Å². The zero-order valence-electron chi connectivity index (χ0n) is 17.7. The van der Waals surface area contributed by atoms with Crippen molar-refractivity contribution in [2.75, 3.05) is 23.3 Å². The van der Waals surface area contributed by atoms with Gasteiger partial charge in [-0.1, -0.05) is 30.3 Å². The number of nitrogens with zero attached hydrogens (tertiary/aromatic N) is 4. The molecule has 1 aliphatic rings. The smallest absolute Gasteiger partial charge is 0.414 e. The molecule has 1 aliphatic heterocycles. The molecule has 2 N–H and O–H groups in total. The first-order valence-electron chi connectivity index (χ1n) is 10.2. The van der Waals surface area contributed by atoms with E-state index >= 15 is 0 Å². The summed E-state index contributed by atoms with van der Waals surface area (Å²) in [5, 5.41) is 9.27. The average Bonchev–Trinajstić information content (AvgIpc) is 3.39. The lowest BCUT2D eigenvalue weighted by Gasteiger charge is -2.14. The van der Waals surface area contributed by atoms with Gasteiger partial charge in [0.15, 0.2) is 5.82 Å². The molecule has 0 bridgehead atoms. The first-order valence-corrected chi connectivity index (χ1v) is 10.2. The van der Waals surface area contributed by atoms with Crippen LogP contribution in [0.25, 0.3) is 5.69 Å². The molecule has 1 atom stereocenters. The van der Waals surface area contributed by atoms with Crippen molar-refractivity contribution in [1.29, 1.82) is 0 Å². The summed E-state index contributed by atoms with van der Waals surface area (Å²) in [7, 11) is 0. The van der Waals surface area contributed by atoms with Crippen LogP contribution < -0.4 is 15.5 Å². The summed E-state index contributed by atoms with van der Waals surface area (Å²) in [6.07, 6.45) is 0.292. The summed E-state index contributed by atoms with van der Waals surface area (Å²) in [6.45, 7) is 1.72. The molecule has 2 aromatic carbocycles. The second kappa shape index (κ2) is 9.47. The number of hydrogen-bond donors (Lipinski definition) is 2. The summed E-state index contributed by atoms with van der Waals surface area (Å²) in [5.41, 5.74) is 1.25. The molecule has 10 nitrogen and oxygen atoms in total. The van der Waals surface area contributed by atoms with Gasteiger partial charge in [-0.3, -0.25) is 19.8 Å². The summed E-state index contributed by atoms with van der Waals surface area (Å²) >= 11 is 0. The Hall–Kier alpha value is -4.28. The molecule has 170 valence electrons. The van der Waals surface area contributed by atoms with E-state index < -0.39 is 18.0 Å². The Morgan fingerprint density at radius 2 is 2.00 bits per heavy atom. The number of amides is 3. The number of cyclic esters (lactones) is 1. The highest BCUT2D eigenvalue weighted by Gasteiger charge is 2.32. The molecule has 0 radical (unpaired) electrons. The van der Waals surface area contributed by atoms with Gasteiger partial charge < -0.3 is 10.1 Å². The van der Waals surface area contributed by atoms with Gasteiger partial charge in [0.25, 0.3) is 0 Å². The van der Waals surface area contributed by atoms with Crippen LogP contribution in [0.3, 0.4) is 0 Å². The van der Waals surface area contributed by atoms with Crippen LogP contribution in [0, 0.1) is 5.82 Å². The van der Waals surface area contributed by atoms with Crippen LogP contribution in [0.1, 0.15) is 12.5 Å². The Bertz CT molecular complexity index is 1180. The van der Waals surface area contributed by atoms with Crippen LogP contribution in [-0.4, -0.2) is 51.9 Å². The number of carbonyl (C=O) groups is 3. The summed E-state index contributed by atoms with van der Waals surface area (Å²) in [6, 6.07) is 13.4. The number of halogens is 1. The van der Waals surface area contributed by atoms with E-state index in [1.165, 1.54) is 35.0 Å². The van der Waals surface area contributed by atoms with Crippen LogP contribution in [0.4, 0.5) is 20.8 Å². The topological polar surface area (TPSA) is 118 Å². The normalized spacial score (nSPS) is 15.3. The summed E-state index contributed by atoms with van der Waals surface area (Å²) in [5.74, 6) is -1.12. The number of aromatic nitrogens is 3. The molecule has 1 aromatic heterocycles. The minimum absolute atomic E-state index is 0.0448. The van der Waals surface area contributed by atoms with Crippen LogP contribution in [-0.2, 0) is 20.7 Å². The molecule has 0 saturated carbocycles. The van der Waals surface area contributed by atoms with Crippen LogP contribution in [0.2, 0.25) is 0 Å². The van der Waals surface area contributed by atoms with Gasteiger partial charge in [-0.05, 0) is 23.8 Å². The number of nitrogens with one attached hydrogen (secondary N) is 2. The maximum atomic E-state index is 14.8. The van der Waals surface area contributed by atoms with Gasteiger partial charge in [-0.15, -0.1) is 5.10 Å². The number of hydrogen-bond acceptors (Lipinski definition) is 6. The lowest BCUT2D eigenvalue weighted by atomic mass is 10.1. The number of ether oxygens (including phenoxy) is 1. The first-order chi connectivity index (χ1) is 15.9. The minimum atomic E-state index is -0.641. The van der Waals surface area contributed by atoms with Gasteiger partial charge in [0, 0.05) is 6.92 Å². The lowest BCUT2D eigenvalue weighted by molar-refractivity contribution is -0.119. The van der Waals surface area contributed by atoms with Crippen molar-refractivity contribution in [2.45, 2.75) is 19.4 Å². The third-order valence-corrected chi connectivity index (χ3v) is 4.89. The molecular formula is C22H21FN6O4. The Balaban J connectivity index is 1.41. The number of anilines is 2. The van der Waals surface area contributed by atoms with Crippen molar-refractivity contribution in [3.63, 3.8) is 0 Å². The molecule has 0 unspecified atom stereocenters. The monoisotopic (exact) mass is 452 g/mol. The molecule has 11 heteroatoms. The van der Waals surface area contributed by atoms with Crippen molar-refractivity contribution in [3.8, 4) is 5.69 Å². The van der Waals surface area contributed by atoms with Gasteiger partial charge in [0.2, 0.25) is 17.8 Å². The molecule has 1 saturated heterocycles. The van der Waals surface area contributed by atoms with Gasteiger partial charge in [-0.2, -0.15) is 4.98 Å². The standard InChI is InChI=1S/C22H21FN6O4/c1-14(30)24-11-17-12-28(22(32)33-17)16-7-8-19(18(23)10-16)29-13-25-21(27-29)26-20(31)9-15-5-3-2-4-6-15/h2-8,10,13,17H,9,11-12H2,1H3,(H,24,30)(H,26,27,31)/t17-/m0/s1. The quantitative estimate of drug-likeness (QED) is 0.567. The van der Waals surface area contributed by atoms with Crippen LogP contribution >= 0.6 is 0 Å². The average molecular weight is 452 g/mol. The van der Waals surface area contributed by atoms with Crippen molar-refractivity contribution in [2.24, 2.45) is 0 Å². The second-order valence-electron chi connectivity index (χ2n) is 7.41. The van der Waals surface area contributed by atoms with E-state index in [2.05, 4.69) is 20.7 Å². The molecule has 3 aromatic rings. The Kier molecular flexibility index (Phi) is 6.29. The predicted molar refractivity (Wildman–Crippen MR) is 116 cm³/mol. The van der Waals surface area contributed by atoms with Gasteiger partial charge in [0.1, 0.15) is 18.1 Å². The highest BCUT2D eigenvalue weighted by molar-refractivity contribution is 5.91. The fraction of sp³-hybridized carbons (Fsp3) is 0.227. The van der Waals surface area contributed by atoms with Crippen molar-refractivity contribution in [1.82, 2.24) is 20.1 Å². The highest BCUT2D eigenvalue weighted by atomic mass is 19.1. The third-order valence-electron chi connectivity index (χ3n) is 4.89. The maximum absolute atomic E-state index is 14.8. The lowest BCUT2D eigenvalue weighted by Crippen LogP contribution is -2.33. The molecule has 33 heavy (non-hydrogen) atoms. The Morgan fingerprint density at radius 1 is 1.21 bits per heavy atom. The molecule has 1 fully saturated rings. The Labute approximate surface area is 188 Å². The van der Waals surface area contributed by atoms with Crippen molar-refractivity contribution < 1.29 is 23.5 Å². The summed E-state index contributed by atoms with van der Waals surface area (Å²) < 4.78 is 21.2. The minimum Gasteiger partial charge on any atom is -0.442 e. The molecule has 3 amide bonds. The van der Waals surface area contributed by atoms with Gasteiger partial charge >= 0.3 is 6.09 Å². The van der Waals surface area contributed by atoms with Crippen molar-refractivity contribution >= 4 is 29.5 Å². The zero-order chi connectivity index (χ0) is 23.4. The van der Waals surface area contributed by atoms with E-state index in [1.54, 1.807) is 6.07 Å². The van der Waals surface area contributed by atoms with E-state index in [4.69, 9.17) is 4.74 Å². The third kappa shape index (κ3) is 5.32. The van der Waals surface area contributed by atoms with Gasteiger partial charge in [-0.25, -0.2) is 13.9 Å². The molecule has 0 aliphatic carbocycles. The predicted octanol–water partition coefficient (Wildman–Crippen LogP) is 2.05.